The standard InChI is InChI=1S/C27H23N3O4S2/c1-4-21-23(22-12-7-13-35-22)29-27(36-21)30-25(31)19-14-16-8-5-11-20(33-3)24(16)34-26(19)28-17-9-6-10-18(15-17)32-2/h5-15H,4H2,1-3H3,(H,29,30,31). The maximum atomic E-state index is 13.5. The van der Waals surface area contributed by atoms with Crippen molar-refractivity contribution in [2.75, 3.05) is 19.5 Å². The summed E-state index contributed by atoms with van der Waals surface area (Å²) in [5, 5.41) is 6.22. The number of aryl methyl sites for hydroxylation is 1. The third-order valence-electron chi connectivity index (χ3n) is 5.48. The van der Waals surface area contributed by atoms with E-state index in [1.54, 1.807) is 43.8 Å². The van der Waals surface area contributed by atoms with Crippen molar-refractivity contribution in [3.8, 4) is 22.1 Å². The first kappa shape index (κ1) is 23.8. The monoisotopic (exact) mass is 517 g/mol. The van der Waals surface area contributed by atoms with Crippen molar-refractivity contribution < 1.29 is 18.7 Å². The fourth-order valence-electron chi connectivity index (χ4n) is 3.74. The fourth-order valence-corrected chi connectivity index (χ4v) is 5.46. The van der Waals surface area contributed by atoms with Crippen LogP contribution in [0, 0.1) is 0 Å². The number of hydrogen-bond acceptors (Lipinski definition) is 8. The van der Waals surface area contributed by atoms with Crippen LogP contribution < -0.4 is 20.3 Å². The Morgan fingerprint density at radius 2 is 1.94 bits per heavy atom. The van der Waals surface area contributed by atoms with Crippen LogP contribution in [-0.2, 0) is 6.42 Å². The number of fused-ring (bicyclic) bond motifs is 1. The zero-order chi connectivity index (χ0) is 25.1. The summed E-state index contributed by atoms with van der Waals surface area (Å²) in [6, 6.07) is 18.5. The van der Waals surface area contributed by atoms with E-state index in [1.807, 2.05) is 47.8 Å². The van der Waals surface area contributed by atoms with Gasteiger partial charge in [0.05, 0.1) is 30.5 Å². The first-order chi connectivity index (χ1) is 17.6. The van der Waals surface area contributed by atoms with Crippen LogP contribution >= 0.6 is 22.7 Å². The van der Waals surface area contributed by atoms with Gasteiger partial charge in [0.1, 0.15) is 11.3 Å². The van der Waals surface area contributed by atoms with Crippen molar-refractivity contribution in [3.05, 3.63) is 82.0 Å². The number of carbonyl (C=O) groups excluding carboxylic acids is 1. The minimum absolute atomic E-state index is 0.156. The molecule has 0 aliphatic heterocycles. The van der Waals surface area contributed by atoms with Crippen LogP contribution in [0.25, 0.3) is 21.5 Å². The number of ether oxygens (including phenoxy) is 2. The molecule has 3 aromatic heterocycles. The van der Waals surface area contributed by atoms with Gasteiger partial charge in [0.2, 0.25) is 5.55 Å². The molecular weight excluding hydrogens is 494 g/mol. The average Bonchev–Trinajstić information content (AvgIpc) is 3.58. The molecule has 0 bridgehead atoms. The van der Waals surface area contributed by atoms with Gasteiger partial charge in [0.15, 0.2) is 16.5 Å². The predicted octanol–water partition coefficient (Wildman–Crippen LogP) is 6.68. The Bertz CT molecular complexity index is 1600. The molecule has 1 amide bonds. The van der Waals surface area contributed by atoms with Crippen molar-refractivity contribution >= 4 is 50.4 Å². The van der Waals surface area contributed by atoms with Gasteiger partial charge >= 0.3 is 0 Å². The van der Waals surface area contributed by atoms with Gasteiger partial charge in [0, 0.05) is 16.3 Å². The molecule has 0 unspecified atom stereocenters. The molecule has 0 radical (unpaired) electrons. The molecule has 9 heteroatoms. The summed E-state index contributed by atoms with van der Waals surface area (Å²) in [5.41, 5.74) is 2.43. The summed E-state index contributed by atoms with van der Waals surface area (Å²) in [4.78, 5) is 25.1. The third kappa shape index (κ3) is 4.75. The topological polar surface area (TPSA) is 86.0 Å². The normalized spacial score (nSPS) is 11.6. The molecule has 2 aromatic carbocycles. The van der Waals surface area contributed by atoms with Gasteiger partial charge in [-0.3, -0.25) is 10.1 Å². The summed E-state index contributed by atoms with van der Waals surface area (Å²) < 4.78 is 16.9. The van der Waals surface area contributed by atoms with Gasteiger partial charge < -0.3 is 13.9 Å². The van der Waals surface area contributed by atoms with Gasteiger partial charge in [-0.15, -0.1) is 22.7 Å². The highest BCUT2D eigenvalue weighted by Gasteiger charge is 2.19. The van der Waals surface area contributed by atoms with E-state index in [1.165, 1.54) is 11.3 Å². The molecule has 0 spiro atoms. The highest BCUT2D eigenvalue weighted by molar-refractivity contribution is 7.17. The number of thiophene rings is 1. The lowest BCUT2D eigenvalue weighted by atomic mass is 10.1. The zero-order valence-electron chi connectivity index (χ0n) is 19.9. The van der Waals surface area contributed by atoms with Gasteiger partial charge in [-0.2, -0.15) is 0 Å². The van der Waals surface area contributed by atoms with Gasteiger partial charge in [-0.05, 0) is 42.1 Å². The Labute approximate surface area is 215 Å². The Morgan fingerprint density at radius 3 is 2.69 bits per heavy atom. The second-order valence-electron chi connectivity index (χ2n) is 7.73. The van der Waals surface area contributed by atoms with Crippen molar-refractivity contribution in [2.24, 2.45) is 4.99 Å². The number of anilines is 1. The van der Waals surface area contributed by atoms with Gasteiger partial charge in [-0.1, -0.05) is 31.2 Å². The molecule has 0 atom stereocenters. The molecule has 3 heterocycles. The number of nitrogens with zero attached hydrogens (tertiary/aromatic N) is 2. The fraction of sp³-hybridized carbons (Fsp3) is 0.148. The van der Waals surface area contributed by atoms with E-state index in [2.05, 4.69) is 17.2 Å². The molecule has 1 N–H and O–H groups in total. The summed E-state index contributed by atoms with van der Waals surface area (Å²) in [5.74, 6) is 0.838. The zero-order valence-corrected chi connectivity index (χ0v) is 21.5. The first-order valence-electron chi connectivity index (χ1n) is 11.2. The lowest BCUT2D eigenvalue weighted by Gasteiger charge is -2.08. The molecular formula is C27H23N3O4S2. The molecule has 5 rings (SSSR count). The Morgan fingerprint density at radius 1 is 1.08 bits per heavy atom. The molecule has 0 aliphatic carbocycles. The first-order valence-corrected chi connectivity index (χ1v) is 12.9. The number of hydrogen-bond donors (Lipinski definition) is 1. The lowest BCUT2D eigenvalue weighted by Crippen LogP contribution is -2.21. The Kier molecular flexibility index (Phi) is 6.84. The van der Waals surface area contributed by atoms with Crippen LogP contribution in [0.15, 0.2) is 75.5 Å². The summed E-state index contributed by atoms with van der Waals surface area (Å²) in [7, 11) is 3.16. The molecule has 0 aliphatic rings. The summed E-state index contributed by atoms with van der Waals surface area (Å²) in [6.45, 7) is 2.08. The number of aromatic nitrogens is 1. The quantitative estimate of drug-likeness (QED) is 0.260. The van der Waals surface area contributed by atoms with Crippen LogP contribution in [0.2, 0.25) is 0 Å². The molecule has 0 saturated heterocycles. The summed E-state index contributed by atoms with van der Waals surface area (Å²) >= 11 is 3.10. The van der Waals surface area contributed by atoms with E-state index in [0.29, 0.717) is 27.9 Å². The number of benzene rings is 2. The van der Waals surface area contributed by atoms with E-state index < -0.39 is 0 Å². The second-order valence-corrected chi connectivity index (χ2v) is 9.76. The number of carbonyl (C=O) groups is 1. The number of amides is 1. The van der Waals surface area contributed by atoms with Gasteiger partial charge in [0.25, 0.3) is 5.91 Å². The van der Waals surface area contributed by atoms with Crippen molar-refractivity contribution in [1.29, 1.82) is 0 Å². The number of methoxy groups -OCH3 is 2. The smallest absolute Gasteiger partial charge is 0.262 e. The number of nitrogens with one attached hydrogen (secondary N) is 1. The molecule has 36 heavy (non-hydrogen) atoms. The maximum Gasteiger partial charge on any atom is 0.262 e. The SMILES string of the molecule is CCc1sc(NC(=O)c2cc3cccc(OC)c3oc2=Nc2cccc(OC)c2)nc1-c1cccs1. The third-order valence-corrected chi connectivity index (χ3v) is 7.47. The molecule has 5 aromatic rings. The lowest BCUT2D eigenvalue weighted by molar-refractivity contribution is 0.102. The van der Waals surface area contributed by atoms with Crippen molar-refractivity contribution in [3.63, 3.8) is 0 Å². The Hall–Kier alpha value is -3.95. The van der Waals surface area contributed by atoms with Crippen molar-refractivity contribution in [1.82, 2.24) is 4.98 Å². The van der Waals surface area contributed by atoms with Crippen LogP contribution in [0.5, 0.6) is 11.5 Å². The molecule has 0 saturated carbocycles. The van der Waals surface area contributed by atoms with Crippen LogP contribution in [0.1, 0.15) is 22.2 Å². The number of rotatable bonds is 7. The minimum atomic E-state index is -0.362. The van der Waals surface area contributed by atoms with E-state index in [9.17, 15) is 4.79 Å². The predicted molar refractivity (Wildman–Crippen MR) is 144 cm³/mol. The summed E-state index contributed by atoms with van der Waals surface area (Å²) in [6.07, 6.45) is 0.822. The highest BCUT2D eigenvalue weighted by atomic mass is 32.1. The van der Waals surface area contributed by atoms with Crippen LogP contribution in [0.4, 0.5) is 10.8 Å². The molecule has 182 valence electrons. The van der Waals surface area contributed by atoms with Crippen LogP contribution in [0.3, 0.4) is 0 Å². The maximum absolute atomic E-state index is 13.5. The van der Waals surface area contributed by atoms with Crippen LogP contribution in [-0.4, -0.2) is 25.1 Å². The average molecular weight is 518 g/mol. The largest absolute Gasteiger partial charge is 0.497 e. The molecule has 0 fully saturated rings. The van der Waals surface area contributed by atoms with Crippen molar-refractivity contribution in [2.45, 2.75) is 13.3 Å². The second kappa shape index (κ2) is 10.3. The number of thiazole rings is 1. The van der Waals surface area contributed by atoms with E-state index in [4.69, 9.17) is 18.9 Å². The van der Waals surface area contributed by atoms with Gasteiger partial charge in [-0.25, -0.2) is 9.98 Å². The molecule has 7 nitrogen and oxygen atoms in total. The Balaban J connectivity index is 1.60. The van der Waals surface area contributed by atoms with E-state index in [-0.39, 0.29) is 17.0 Å². The minimum Gasteiger partial charge on any atom is -0.497 e. The van der Waals surface area contributed by atoms with E-state index in [0.717, 1.165) is 27.3 Å². The van der Waals surface area contributed by atoms with E-state index >= 15 is 0 Å². The number of para-hydroxylation sites is 1. The highest BCUT2D eigenvalue weighted by Crippen LogP contribution is 2.34.